The van der Waals surface area contributed by atoms with E-state index in [2.05, 4.69) is 30.4 Å². The van der Waals surface area contributed by atoms with Gasteiger partial charge in [-0.05, 0) is 41.5 Å². The SMILES string of the molecule is O=C1/C(=C/Cc2ccc(-c3nn[nH]n3)cc2)SC(=S)N1NC1=NS(=O)(=O)c2ccccc21. The molecule has 10 nitrogen and oxygen atoms in total. The van der Waals surface area contributed by atoms with Crippen LogP contribution in [0, 0.1) is 0 Å². The van der Waals surface area contributed by atoms with E-state index in [4.69, 9.17) is 12.2 Å². The standard InChI is InChI=1S/C19H13N7O3S3/c27-18-14(10-7-11-5-8-12(9-6-11)16-20-24-25-21-16)31-19(30)26(18)22-17-13-3-1-2-4-15(13)32(28,29)23-17/h1-6,8-10H,7H2,(H,22,23)(H,20,21,24,25)/b14-10-. The number of amides is 1. The number of thiocarbonyl (C=S) groups is 1. The number of rotatable bonds is 4. The minimum absolute atomic E-state index is 0.0650. The van der Waals surface area contributed by atoms with Gasteiger partial charge in [-0.15, -0.1) is 14.6 Å². The number of fused-ring (bicyclic) bond motifs is 1. The van der Waals surface area contributed by atoms with E-state index in [9.17, 15) is 13.2 Å². The maximum absolute atomic E-state index is 12.9. The summed E-state index contributed by atoms with van der Waals surface area (Å²) in [4.78, 5) is 13.4. The molecule has 2 aliphatic heterocycles. The van der Waals surface area contributed by atoms with Gasteiger partial charge in [-0.1, -0.05) is 54.2 Å². The van der Waals surface area contributed by atoms with Crippen molar-refractivity contribution in [2.24, 2.45) is 4.40 Å². The van der Waals surface area contributed by atoms with Crippen LogP contribution in [-0.2, 0) is 21.2 Å². The first kappa shape index (κ1) is 20.5. The molecule has 13 heteroatoms. The Bertz CT molecular complexity index is 1400. The Labute approximate surface area is 191 Å². The zero-order chi connectivity index (χ0) is 22.3. The number of amidine groups is 1. The Morgan fingerprint density at radius 3 is 2.69 bits per heavy atom. The van der Waals surface area contributed by atoms with Gasteiger partial charge in [0, 0.05) is 11.1 Å². The number of H-pyrrole nitrogens is 1. The molecule has 0 saturated carbocycles. The van der Waals surface area contributed by atoms with E-state index in [1.165, 1.54) is 6.07 Å². The lowest BCUT2D eigenvalue weighted by Gasteiger charge is -2.16. The van der Waals surface area contributed by atoms with Crippen LogP contribution in [0.4, 0.5) is 0 Å². The summed E-state index contributed by atoms with van der Waals surface area (Å²) in [6.45, 7) is 0. The van der Waals surface area contributed by atoms with Crippen LogP contribution in [0.25, 0.3) is 11.4 Å². The molecule has 0 atom stereocenters. The van der Waals surface area contributed by atoms with Gasteiger partial charge in [0.05, 0.1) is 4.91 Å². The van der Waals surface area contributed by atoms with Gasteiger partial charge in [-0.2, -0.15) is 18.6 Å². The number of sulfonamides is 1. The number of hydrogen-bond acceptors (Lipinski definition) is 9. The third-order valence-corrected chi connectivity index (χ3v) is 7.41. The molecule has 160 valence electrons. The summed E-state index contributed by atoms with van der Waals surface area (Å²) in [7, 11) is -3.80. The number of nitrogens with one attached hydrogen (secondary N) is 2. The van der Waals surface area contributed by atoms with E-state index < -0.39 is 10.0 Å². The quantitative estimate of drug-likeness (QED) is 0.421. The summed E-state index contributed by atoms with van der Waals surface area (Å²) in [6.07, 6.45) is 2.29. The molecule has 1 amide bonds. The first-order valence-corrected chi connectivity index (χ1v) is 11.9. The highest BCUT2D eigenvalue weighted by atomic mass is 32.2. The Hall–Kier alpha value is -3.42. The predicted molar refractivity (Wildman–Crippen MR) is 122 cm³/mol. The van der Waals surface area contributed by atoms with Gasteiger partial charge < -0.3 is 0 Å². The smallest absolute Gasteiger partial charge is 0.272 e. The minimum atomic E-state index is -3.80. The highest BCUT2D eigenvalue weighted by molar-refractivity contribution is 8.26. The Morgan fingerprint density at radius 2 is 1.94 bits per heavy atom. The van der Waals surface area contributed by atoms with Crippen molar-refractivity contribution >= 4 is 50.1 Å². The zero-order valence-electron chi connectivity index (χ0n) is 16.1. The van der Waals surface area contributed by atoms with Gasteiger partial charge in [0.15, 0.2) is 10.2 Å². The van der Waals surface area contributed by atoms with Crippen LogP contribution in [0.5, 0.6) is 0 Å². The van der Waals surface area contributed by atoms with Crippen molar-refractivity contribution < 1.29 is 13.2 Å². The molecule has 3 heterocycles. The van der Waals surface area contributed by atoms with Crippen LogP contribution in [0.2, 0.25) is 0 Å². The van der Waals surface area contributed by atoms with Crippen LogP contribution in [0.15, 0.2) is 68.8 Å². The maximum Gasteiger partial charge on any atom is 0.285 e. The first-order valence-electron chi connectivity index (χ1n) is 9.22. The van der Waals surface area contributed by atoms with Crippen LogP contribution in [-0.4, -0.2) is 50.1 Å². The number of aromatic amines is 1. The average molecular weight is 484 g/mol. The third kappa shape index (κ3) is 3.70. The van der Waals surface area contributed by atoms with Crippen molar-refractivity contribution in [2.45, 2.75) is 11.3 Å². The van der Waals surface area contributed by atoms with Crippen LogP contribution < -0.4 is 5.43 Å². The van der Waals surface area contributed by atoms with Gasteiger partial charge in [0.2, 0.25) is 5.82 Å². The van der Waals surface area contributed by atoms with E-state index in [0.29, 0.717) is 22.7 Å². The number of hydrogen-bond donors (Lipinski definition) is 2. The molecule has 0 unspecified atom stereocenters. The molecule has 1 aromatic heterocycles. The van der Waals surface area contributed by atoms with Crippen LogP contribution in [0.1, 0.15) is 11.1 Å². The first-order chi connectivity index (χ1) is 15.4. The lowest BCUT2D eigenvalue weighted by Crippen LogP contribution is -2.44. The highest BCUT2D eigenvalue weighted by Gasteiger charge is 2.36. The fourth-order valence-electron chi connectivity index (χ4n) is 3.18. The van der Waals surface area contributed by atoms with Crippen LogP contribution >= 0.6 is 24.0 Å². The maximum atomic E-state index is 12.9. The number of aromatic nitrogens is 4. The van der Waals surface area contributed by atoms with E-state index in [1.54, 1.807) is 24.3 Å². The largest absolute Gasteiger partial charge is 0.285 e. The number of tetrazole rings is 1. The molecule has 32 heavy (non-hydrogen) atoms. The van der Waals surface area contributed by atoms with Gasteiger partial charge in [-0.25, -0.2) is 0 Å². The number of benzene rings is 2. The van der Waals surface area contributed by atoms with E-state index >= 15 is 0 Å². The van der Waals surface area contributed by atoms with Gasteiger partial charge in [0.1, 0.15) is 4.90 Å². The molecule has 0 spiro atoms. The number of hydrazine groups is 1. The highest BCUT2D eigenvalue weighted by Crippen LogP contribution is 2.31. The number of allylic oxidation sites excluding steroid dienone is 1. The molecule has 5 rings (SSSR count). The second-order valence-electron chi connectivity index (χ2n) is 6.74. The summed E-state index contributed by atoms with van der Waals surface area (Å²) in [5, 5.41) is 15.0. The number of carbonyl (C=O) groups is 1. The Morgan fingerprint density at radius 1 is 1.16 bits per heavy atom. The number of nitrogens with zero attached hydrogens (tertiary/aromatic N) is 5. The molecule has 2 aromatic carbocycles. The second kappa shape index (κ2) is 7.93. The topological polar surface area (TPSA) is 133 Å². The van der Waals surface area contributed by atoms with Crippen molar-refractivity contribution in [3.63, 3.8) is 0 Å². The molecule has 0 radical (unpaired) electrons. The van der Waals surface area contributed by atoms with Crippen molar-refractivity contribution in [2.75, 3.05) is 0 Å². The molecule has 0 bridgehead atoms. The minimum Gasteiger partial charge on any atom is -0.272 e. The van der Waals surface area contributed by atoms with Crippen molar-refractivity contribution in [3.8, 4) is 11.4 Å². The lowest BCUT2D eigenvalue weighted by atomic mass is 10.1. The molecule has 2 aliphatic rings. The molecule has 2 N–H and O–H groups in total. The van der Waals surface area contributed by atoms with E-state index in [-0.39, 0.29) is 21.0 Å². The summed E-state index contributed by atoms with van der Waals surface area (Å²) in [5.74, 6) is 0.199. The van der Waals surface area contributed by atoms with Crippen molar-refractivity contribution in [1.82, 2.24) is 31.1 Å². The van der Waals surface area contributed by atoms with Gasteiger partial charge in [0.25, 0.3) is 15.9 Å². The van der Waals surface area contributed by atoms with E-state index in [1.807, 2.05) is 24.3 Å². The molecule has 1 saturated heterocycles. The Kier molecular flexibility index (Phi) is 5.07. The summed E-state index contributed by atoms with van der Waals surface area (Å²) in [5.41, 5.74) is 4.97. The number of carbonyl (C=O) groups excluding carboxylic acids is 1. The van der Waals surface area contributed by atoms with Crippen LogP contribution in [0.3, 0.4) is 0 Å². The fourth-order valence-corrected chi connectivity index (χ4v) is 5.50. The fraction of sp³-hybridized carbons (Fsp3) is 0.0526. The average Bonchev–Trinajstić information content (AvgIpc) is 3.48. The summed E-state index contributed by atoms with van der Waals surface area (Å²) in [6, 6.07) is 14.0. The van der Waals surface area contributed by atoms with Crippen molar-refractivity contribution in [1.29, 1.82) is 0 Å². The Balaban J connectivity index is 1.31. The van der Waals surface area contributed by atoms with Gasteiger partial charge in [-0.3, -0.25) is 10.2 Å². The monoisotopic (exact) mass is 483 g/mol. The lowest BCUT2D eigenvalue weighted by molar-refractivity contribution is -0.123. The molecular weight excluding hydrogens is 470 g/mol. The van der Waals surface area contributed by atoms with Gasteiger partial charge >= 0.3 is 0 Å². The number of thioether (sulfide) groups is 1. The molecule has 1 fully saturated rings. The molecular formula is C19H13N7O3S3. The molecule has 0 aliphatic carbocycles. The van der Waals surface area contributed by atoms with Crippen molar-refractivity contribution in [3.05, 3.63) is 70.6 Å². The normalized spacial score (nSPS) is 18.2. The predicted octanol–water partition coefficient (Wildman–Crippen LogP) is 1.81. The zero-order valence-corrected chi connectivity index (χ0v) is 18.5. The second-order valence-corrected chi connectivity index (χ2v) is 9.98. The van der Waals surface area contributed by atoms with E-state index in [0.717, 1.165) is 27.9 Å². The molecule has 3 aromatic rings. The third-order valence-electron chi connectivity index (χ3n) is 4.72. The summed E-state index contributed by atoms with van der Waals surface area (Å²) >= 11 is 6.45. The summed E-state index contributed by atoms with van der Waals surface area (Å²) < 4.78 is 28.5.